The molecule has 41 heteroatoms. The van der Waals surface area contributed by atoms with Crippen molar-refractivity contribution in [3.8, 4) is 0 Å². The Morgan fingerprint density at radius 1 is 0.844 bits per heavy atom. The summed E-state index contributed by atoms with van der Waals surface area (Å²) >= 11 is 0. The minimum Gasteiger partial charge on any atom is -0.388 e. The Morgan fingerprint density at radius 3 is 2.16 bits per heavy atom. The number of aromatic nitrogens is 10. The van der Waals surface area contributed by atoms with Gasteiger partial charge in [-0.1, -0.05) is 4.98 Å². The molecule has 3 fully saturated rings. The Bertz CT molecular complexity index is 3410. The summed E-state index contributed by atoms with van der Waals surface area (Å²) in [6.07, 6.45) is -14.7. The number of aliphatic hydroxyl groups excluding tert-OH is 3. The topological polar surface area (TPSA) is 518 Å². The summed E-state index contributed by atoms with van der Waals surface area (Å²) in [6, 6.07) is 0.952. The third-order valence-electron chi connectivity index (χ3n) is 12.4. The molecule has 37 nitrogen and oxygen atoms in total. The lowest BCUT2D eigenvalue weighted by Crippen LogP contribution is -2.45. The Labute approximate surface area is 430 Å². The van der Waals surface area contributed by atoms with Crippen molar-refractivity contribution < 1.29 is 104 Å². The monoisotopic (exact) mass is 1170 g/mol. The van der Waals surface area contributed by atoms with Crippen LogP contribution in [0.25, 0.3) is 22.3 Å². The average molecular weight is 1170 g/mol. The van der Waals surface area contributed by atoms with Gasteiger partial charge < -0.3 is 70.2 Å². The van der Waals surface area contributed by atoms with Crippen LogP contribution in [0, 0.1) is 5.92 Å². The number of aromatic amines is 2. The van der Waals surface area contributed by atoms with Crippen LogP contribution < -0.4 is 32.8 Å². The first-order valence-corrected chi connectivity index (χ1v) is 28.7. The first-order valence-electron chi connectivity index (χ1n) is 22.4. The van der Waals surface area contributed by atoms with Gasteiger partial charge in [0.15, 0.2) is 30.2 Å². The number of H-pyrrole nitrogens is 2. The Kier molecular flexibility index (Phi) is 16.8. The highest BCUT2D eigenvalue weighted by Crippen LogP contribution is 2.68. The van der Waals surface area contributed by atoms with E-state index in [0.717, 1.165) is 30.3 Å². The number of amides is 1. The molecule has 8 rings (SSSR count). The highest BCUT2D eigenvalue weighted by molar-refractivity contribution is 7.66. The second-order valence-electron chi connectivity index (χ2n) is 17.8. The Hall–Kier alpha value is -5.07. The number of ether oxygens (including phenoxy) is 4. The fourth-order valence-corrected chi connectivity index (χ4v) is 13.6. The largest absolute Gasteiger partial charge is 0.490 e. The molecule has 3 saturated heterocycles. The van der Waals surface area contributed by atoms with E-state index in [1.807, 2.05) is 4.98 Å². The zero-order valence-corrected chi connectivity index (χ0v) is 44.0. The van der Waals surface area contributed by atoms with Gasteiger partial charge in [0.2, 0.25) is 17.7 Å². The summed E-state index contributed by atoms with van der Waals surface area (Å²) in [5.74, 6) is -2.16. The molecule has 0 saturated carbocycles. The molecule has 5 aromatic heterocycles. The van der Waals surface area contributed by atoms with Gasteiger partial charge in [0.1, 0.15) is 48.5 Å². The van der Waals surface area contributed by atoms with Crippen LogP contribution >= 0.6 is 31.1 Å². The highest BCUT2D eigenvalue weighted by atomic mass is 31.3. The lowest BCUT2D eigenvalue weighted by Gasteiger charge is -2.26. The number of rotatable bonds is 21. The molecular formula is C36H52N13O24P4+. The fourth-order valence-electron chi connectivity index (χ4n) is 8.79. The SMILES string of the molecule is CO[C@@H]1[C@H](OP(=O)(O)CC[C@H]2O[C@@H](n3ccc(=O)[nH]c3=O)[C@H](O)[C@@H]2O)[C@@H](COP(=O)(O)OP(=O)(O)OP(=O)(O)OC[C@H]2O[C@@H]([n+]3cn(C)c4c(=O)[nH]c(N)nc43)[C@H](O)[C@@H]2CC(=O)N(C)C)O[C@H]1n1cnc2c(N)ncnc21. The van der Waals surface area contributed by atoms with E-state index in [9.17, 15) is 72.3 Å². The number of nitrogens with one attached hydrogen (secondary N) is 2. The van der Waals surface area contributed by atoms with Crippen LogP contribution in [0.4, 0.5) is 11.8 Å². The molecule has 3 aliphatic heterocycles. The van der Waals surface area contributed by atoms with Crippen molar-refractivity contribution in [1.29, 1.82) is 0 Å². The summed E-state index contributed by atoms with van der Waals surface area (Å²) in [7, 11) is -17.6. The zero-order valence-electron chi connectivity index (χ0n) is 40.4. The molecule has 3 aliphatic rings. The average Bonchev–Trinajstić information content (AvgIpc) is 4.13. The zero-order chi connectivity index (χ0) is 56.3. The minimum atomic E-state index is -6.22. The molecule has 0 aliphatic carbocycles. The van der Waals surface area contributed by atoms with Gasteiger partial charge in [-0.2, -0.15) is 8.62 Å². The second kappa shape index (κ2) is 22.2. The number of nitrogens with zero attached hydrogens (tertiary/aromatic N) is 9. The molecule has 0 spiro atoms. The maximum Gasteiger partial charge on any atom is 0.490 e. The molecule has 0 bridgehead atoms. The smallest absolute Gasteiger partial charge is 0.388 e. The van der Waals surface area contributed by atoms with Crippen LogP contribution in [-0.4, -0.2) is 179 Å². The van der Waals surface area contributed by atoms with Gasteiger partial charge in [-0.25, -0.2) is 38.0 Å². The number of aryl methyl sites for hydroxylation is 1. The van der Waals surface area contributed by atoms with Crippen molar-refractivity contribution in [2.45, 2.75) is 80.4 Å². The van der Waals surface area contributed by atoms with E-state index in [1.165, 1.54) is 52.4 Å². The number of carbonyl (C=O) groups is 1. The number of anilines is 2. The molecule has 1 amide bonds. The Balaban J connectivity index is 0.951. The van der Waals surface area contributed by atoms with Gasteiger partial charge in [0.25, 0.3) is 17.1 Å². The van der Waals surface area contributed by atoms with Crippen molar-refractivity contribution in [3.63, 3.8) is 0 Å². The first kappa shape index (κ1) is 58.1. The number of phosphoric acid groups is 3. The number of hydrogen-bond acceptors (Lipinski definition) is 26. The number of carbonyl (C=O) groups excluding carboxylic acids is 1. The van der Waals surface area contributed by atoms with Gasteiger partial charge in [-0.15, -0.1) is 0 Å². The van der Waals surface area contributed by atoms with Gasteiger partial charge in [0, 0.05) is 45.8 Å². The normalized spacial score (nSPS) is 29.8. The van der Waals surface area contributed by atoms with Crippen molar-refractivity contribution >= 4 is 71.1 Å². The number of phosphoric ester groups is 2. The standard InChI is InChI=1S/C36H51N13O24P4/c1-45(2)20(51)9-15-17(69-32(23(15)52)49-14-46(3)22-30(49)43-35(38)44-31(22)55)10-66-75(59,60)72-77(63,64)73-76(61,62)67-11-18-26(27(65-4)34(70-18)48-13-41-21-28(37)39-12-40-29(21)48)71-74(57,58)8-6-16-24(53)25(54)33(68-16)47-7-5-19(50)42-36(47)56/h5,7,12-18,23-27,32-34,52-54H,6,8-11H2,1-4H3,(H9-,37,38,39,40,42,43,44,50,55,56,57,58,59,60,61,62,63,64)/p+1/t15-,16-,17-,18-,23-,24-,25-,26-,27-,32-,33-,34-/m1/s1. The molecule has 77 heavy (non-hydrogen) atoms. The van der Waals surface area contributed by atoms with E-state index in [1.54, 1.807) is 0 Å². The van der Waals surface area contributed by atoms with Gasteiger partial charge in [-0.05, 0) is 6.42 Å². The maximum absolute atomic E-state index is 13.8. The minimum absolute atomic E-state index is 0.00542. The summed E-state index contributed by atoms with van der Waals surface area (Å²) in [5.41, 5.74) is 9.30. The summed E-state index contributed by atoms with van der Waals surface area (Å²) < 4.78 is 105. The summed E-state index contributed by atoms with van der Waals surface area (Å²) in [6.45, 7) is -2.28. The van der Waals surface area contributed by atoms with Crippen molar-refractivity contribution in [2.75, 3.05) is 52.0 Å². The van der Waals surface area contributed by atoms with Crippen LogP contribution in [0.15, 0.2) is 45.6 Å². The molecule has 8 heterocycles. The third kappa shape index (κ3) is 12.5. The summed E-state index contributed by atoms with van der Waals surface area (Å²) in [5, 5.41) is 32.9. The molecule has 16 atom stereocenters. The predicted molar refractivity (Wildman–Crippen MR) is 252 cm³/mol. The second-order valence-corrected chi connectivity index (χ2v) is 24.3. The number of imidazole rings is 2. The third-order valence-corrected chi connectivity index (χ3v) is 18.0. The van der Waals surface area contributed by atoms with Crippen molar-refractivity contribution in [3.05, 3.63) is 62.4 Å². The van der Waals surface area contributed by atoms with Gasteiger partial charge in [-0.3, -0.25) is 56.2 Å². The number of nitrogens with two attached hydrogens (primary N) is 2. The van der Waals surface area contributed by atoms with Crippen LogP contribution in [0.1, 0.15) is 31.5 Å². The van der Waals surface area contributed by atoms with Crippen molar-refractivity contribution in [2.24, 2.45) is 13.0 Å². The quantitative estimate of drug-likeness (QED) is 0.0249. The lowest BCUT2D eigenvalue weighted by molar-refractivity contribution is -0.745. The van der Waals surface area contributed by atoms with Crippen LogP contribution in [0.3, 0.4) is 0 Å². The number of nitrogen functional groups attached to an aromatic ring is 2. The van der Waals surface area contributed by atoms with Crippen LogP contribution in [-0.2, 0) is 71.2 Å². The van der Waals surface area contributed by atoms with Crippen LogP contribution in [0.2, 0.25) is 0 Å². The van der Waals surface area contributed by atoms with Gasteiger partial charge in [0.05, 0.1) is 45.0 Å². The van der Waals surface area contributed by atoms with E-state index in [0.29, 0.717) is 0 Å². The lowest BCUT2D eigenvalue weighted by atomic mass is 9.94. The van der Waals surface area contributed by atoms with E-state index in [4.69, 9.17) is 44.0 Å². The number of hydrogen-bond donors (Lipinski definition) is 11. The highest BCUT2D eigenvalue weighted by Gasteiger charge is 2.54. The molecule has 13 N–H and O–H groups in total. The van der Waals surface area contributed by atoms with Crippen molar-refractivity contribution in [1.82, 2.24) is 48.5 Å². The summed E-state index contributed by atoms with van der Waals surface area (Å²) in [4.78, 5) is 114. The Morgan fingerprint density at radius 2 is 1.51 bits per heavy atom. The van der Waals surface area contributed by atoms with Crippen LogP contribution in [0.5, 0.6) is 0 Å². The van der Waals surface area contributed by atoms with Gasteiger partial charge >= 0.3 is 42.4 Å². The number of fused-ring (bicyclic) bond motifs is 2. The first-order chi connectivity index (χ1) is 36.0. The number of methoxy groups -OCH3 is 1. The van der Waals surface area contributed by atoms with E-state index in [-0.39, 0.29) is 34.1 Å². The molecule has 0 aromatic carbocycles. The molecule has 4 unspecified atom stereocenters. The molecular weight excluding hydrogens is 1120 g/mol. The van der Waals surface area contributed by atoms with E-state index < -0.39 is 159 Å². The maximum atomic E-state index is 13.8. The molecule has 424 valence electrons. The predicted octanol–water partition coefficient (Wildman–Crippen LogP) is -3.68. The fraction of sp³-hybridized carbons (Fsp3) is 0.583. The molecule has 5 aromatic rings. The van der Waals surface area contributed by atoms with E-state index in [2.05, 4.69) is 33.5 Å². The number of aliphatic hydroxyl groups is 3. The molecule has 0 radical (unpaired) electrons. The van der Waals surface area contributed by atoms with E-state index >= 15 is 0 Å².